The van der Waals surface area contributed by atoms with Crippen molar-refractivity contribution in [2.75, 3.05) is 26.2 Å². The van der Waals surface area contributed by atoms with Crippen LogP contribution in [-0.4, -0.2) is 38.0 Å². The van der Waals surface area contributed by atoms with E-state index in [1.165, 1.54) is 0 Å². The number of hydrogen-bond donors (Lipinski definition) is 3. The molecule has 0 saturated heterocycles. The molecule has 0 aliphatic rings. The SMILES string of the molecule is CCNCCNC(=O)CNC(=O)c1ccc(C(F)(F)F)cc1.Cl. The lowest BCUT2D eigenvalue weighted by Crippen LogP contribution is -2.39. The molecule has 0 fully saturated rings. The number of alkyl halides is 3. The summed E-state index contributed by atoms with van der Waals surface area (Å²) in [6.45, 7) is 3.55. The van der Waals surface area contributed by atoms with E-state index in [0.29, 0.717) is 13.1 Å². The zero-order chi connectivity index (χ0) is 16.6. The highest BCUT2D eigenvalue weighted by Gasteiger charge is 2.30. The molecule has 0 bridgehead atoms. The van der Waals surface area contributed by atoms with E-state index >= 15 is 0 Å². The van der Waals surface area contributed by atoms with Gasteiger partial charge in [-0.15, -0.1) is 12.4 Å². The Bertz CT molecular complexity index is 507. The Balaban J connectivity index is 0.00000484. The van der Waals surface area contributed by atoms with Crippen LogP contribution in [0.2, 0.25) is 0 Å². The number of carbonyl (C=O) groups excluding carboxylic acids is 2. The van der Waals surface area contributed by atoms with Gasteiger partial charge >= 0.3 is 6.18 Å². The summed E-state index contributed by atoms with van der Waals surface area (Å²) in [4.78, 5) is 23.1. The molecular weight excluding hydrogens is 335 g/mol. The summed E-state index contributed by atoms with van der Waals surface area (Å²) >= 11 is 0. The second kappa shape index (κ2) is 10.1. The Morgan fingerprint density at radius 1 is 1.04 bits per heavy atom. The molecule has 0 heterocycles. The Hall–Kier alpha value is -1.80. The average molecular weight is 354 g/mol. The van der Waals surface area contributed by atoms with Crippen LogP contribution in [0.15, 0.2) is 24.3 Å². The second-order valence-electron chi connectivity index (χ2n) is 4.46. The van der Waals surface area contributed by atoms with Crippen LogP contribution < -0.4 is 16.0 Å². The van der Waals surface area contributed by atoms with Crippen molar-refractivity contribution in [2.45, 2.75) is 13.1 Å². The number of carbonyl (C=O) groups is 2. The summed E-state index contributed by atoms with van der Waals surface area (Å²) in [5, 5.41) is 7.95. The first kappa shape index (κ1) is 21.2. The quantitative estimate of drug-likeness (QED) is 0.652. The topological polar surface area (TPSA) is 70.2 Å². The predicted octanol–water partition coefficient (Wildman–Crippen LogP) is 1.58. The van der Waals surface area contributed by atoms with Crippen LogP contribution in [0.3, 0.4) is 0 Å². The van der Waals surface area contributed by atoms with Crippen molar-refractivity contribution >= 4 is 24.2 Å². The van der Waals surface area contributed by atoms with Gasteiger partial charge in [-0.25, -0.2) is 0 Å². The molecule has 1 rings (SSSR count). The molecule has 5 nitrogen and oxygen atoms in total. The highest BCUT2D eigenvalue weighted by molar-refractivity contribution is 5.96. The summed E-state index contributed by atoms with van der Waals surface area (Å²) in [7, 11) is 0. The van der Waals surface area contributed by atoms with Crippen molar-refractivity contribution in [2.24, 2.45) is 0 Å². The van der Waals surface area contributed by atoms with Gasteiger partial charge in [0.05, 0.1) is 12.1 Å². The molecule has 1 aromatic carbocycles. The average Bonchev–Trinajstić information content (AvgIpc) is 2.48. The first-order valence-electron chi connectivity index (χ1n) is 6.77. The van der Waals surface area contributed by atoms with Crippen LogP contribution in [0, 0.1) is 0 Å². The zero-order valence-corrected chi connectivity index (χ0v) is 13.3. The van der Waals surface area contributed by atoms with E-state index in [9.17, 15) is 22.8 Å². The minimum atomic E-state index is -4.44. The third-order valence-corrected chi connectivity index (χ3v) is 2.76. The molecule has 0 saturated carbocycles. The van der Waals surface area contributed by atoms with Gasteiger partial charge in [0, 0.05) is 18.7 Å². The maximum atomic E-state index is 12.4. The van der Waals surface area contributed by atoms with Crippen molar-refractivity contribution in [1.29, 1.82) is 0 Å². The molecule has 0 aromatic heterocycles. The minimum Gasteiger partial charge on any atom is -0.353 e. The van der Waals surface area contributed by atoms with E-state index in [1.807, 2.05) is 6.92 Å². The molecular formula is C14H19ClF3N3O2. The summed E-state index contributed by atoms with van der Waals surface area (Å²) in [5.74, 6) is -0.964. The predicted molar refractivity (Wildman–Crippen MR) is 82.6 cm³/mol. The number of halogens is 4. The van der Waals surface area contributed by atoms with Crippen molar-refractivity contribution in [3.63, 3.8) is 0 Å². The monoisotopic (exact) mass is 353 g/mol. The molecule has 3 N–H and O–H groups in total. The minimum absolute atomic E-state index is 0. The maximum absolute atomic E-state index is 12.4. The third kappa shape index (κ3) is 7.85. The smallest absolute Gasteiger partial charge is 0.353 e. The van der Waals surface area contributed by atoms with Crippen molar-refractivity contribution in [3.05, 3.63) is 35.4 Å². The summed E-state index contributed by atoms with van der Waals surface area (Å²) in [6.07, 6.45) is -4.44. The second-order valence-corrected chi connectivity index (χ2v) is 4.46. The van der Waals surface area contributed by atoms with Crippen LogP contribution in [0.5, 0.6) is 0 Å². The largest absolute Gasteiger partial charge is 0.416 e. The van der Waals surface area contributed by atoms with Gasteiger partial charge in [-0.1, -0.05) is 6.92 Å². The Kier molecular flexibility index (Phi) is 9.28. The van der Waals surface area contributed by atoms with Crippen LogP contribution in [0.1, 0.15) is 22.8 Å². The van der Waals surface area contributed by atoms with Gasteiger partial charge in [-0.3, -0.25) is 9.59 Å². The third-order valence-electron chi connectivity index (χ3n) is 2.76. The number of likely N-dealkylation sites (N-methyl/N-ethyl adjacent to an activating group) is 1. The number of hydrogen-bond acceptors (Lipinski definition) is 3. The molecule has 0 aliphatic heterocycles. The number of amides is 2. The first-order valence-corrected chi connectivity index (χ1v) is 6.77. The van der Waals surface area contributed by atoms with Crippen LogP contribution >= 0.6 is 12.4 Å². The van der Waals surface area contributed by atoms with E-state index in [-0.39, 0.29) is 30.4 Å². The normalized spacial score (nSPS) is 10.6. The standard InChI is InChI=1S/C14H18F3N3O2.ClH/c1-2-18-7-8-19-12(21)9-20-13(22)10-3-5-11(6-4-10)14(15,16)17;/h3-6,18H,2,7-9H2,1H3,(H,19,21)(H,20,22);1H. The van der Waals surface area contributed by atoms with Gasteiger partial charge in [-0.05, 0) is 30.8 Å². The number of benzene rings is 1. The molecule has 0 radical (unpaired) electrons. The molecule has 23 heavy (non-hydrogen) atoms. The van der Waals surface area contributed by atoms with Crippen molar-refractivity contribution in [1.82, 2.24) is 16.0 Å². The maximum Gasteiger partial charge on any atom is 0.416 e. The Morgan fingerprint density at radius 2 is 1.65 bits per heavy atom. The molecule has 0 spiro atoms. The van der Waals surface area contributed by atoms with Gasteiger partial charge in [0.15, 0.2) is 0 Å². The fraction of sp³-hybridized carbons (Fsp3) is 0.429. The number of nitrogens with one attached hydrogen (secondary N) is 3. The van der Waals surface area contributed by atoms with Crippen LogP contribution in [-0.2, 0) is 11.0 Å². The summed E-state index contributed by atoms with van der Waals surface area (Å²) in [6, 6.07) is 3.79. The highest BCUT2D eigenvalue weighted by atomic mass is 35.5. The summed E-state index contributed by atoms with van der Waals surface area (Å²) in [5.41, 5.74) is -0.765. The molecule has 0 unspecified atom stereocenters. The van der Waals surface area contributed by atoms with Crippen molar-refractivity contribution in [3.8, 4) is 0 Å². The fourth-order valence-electron chi connectivity index (χ4n) is 1.60. The zero-order valence-electron chi connectivity index (χ0n) is 12.5. The van der Waals surface area contributed by atoms with Crippen molar-refractivity contribution < 1.29 is 22.8 Å². The highest BCUT2D eigenvalue weighted by Crippen LogP contribution is 2.28. The van der Waals surface area contributed by atoms with Crippen LogP contribution in [0.25, 0.3) is 0 Å². The molecule has 1 aromatic rings. The van der Waals surface area contributed by atoms with Gasteiger partial charge in [-0.2, -0.15) is 13.2 Å². The van der Waals surface area contributed by atoms with Gasteiger partial charge in [0.2, 0.25) is 5.91 Å². The lowest BCUT2D eigenvalue weighted by Gasteiger charge is -2.09. The molecule has 9 heteroatoms. The van der Waals surface area contributed by atoms with E-state index in [4.69, 9.17) is 0 Å². The Morgan fingerprint density at radius 3 is 2.17 bits per heavy atom. The molecule has 0 aliphatic carbocycles. The van der Waals surface area contributed by atoms with E-state index in [1.54, 1.807) is 0 Å². The fourth-order valence-corrected chi connectivity index (χ4v) is 1.60. The van der Waals surface area contributed by atoms with Crippen LogP contribution in [0.4, 0.5) is 13.2 Å². The lowest BCUT2D eigenvalue weighted by atomic mass is 10.1. The van der Waals surface area contributed by atoms with E-state index < -0.39 is 17.6 Å². The van der Waals surface area contributed by atoms with Gasteiger partial charge < -0.3 is 16.0 Å². The lowest BCUT2D eigenvalue weighted by molar-refractivity contribution is -0.137. The van der Waals surface area contributed by atoms with E-state index in [2.05, 4.69) is 16.0 Å². The van der Waals surface area contributed by atoms with Gasteiger partial charge in [0.1, 0.15) is 0 Å². The summed E-state index contributed by atoms with van der Waals surface area (Å²) < 4.78 is 37.2. The molecule has 2 amide bonds. The molecule has 0 atom stereocenters. The number of rotatable bonds is 7. The van der Waals surface area contributed by atoms with E-state index in [0.717, 1.165) is 30.8 Å². The Labute approximate surface area is 138 Å². The first-order chi connectivity index (χ1) is 10.3. The molecule has 130 valence electrons. The van der Waals surface area contributed by atoms with Gasteiger partial charge in [0.25, 0.3) is 5.91 Å².